The number of fused-ring (bicyclic) bond motifs is 1. The molecule has 2 amide bonds. The molecule has 1 aliphatic carbocycles. The Labute approximate surface area is 231 Å². The first-order valence-electron chi connectivity index (χ1n) is 13.6. The summed E-state index contributed by atoms with van der Waals surface area (Å²) in [5, 5.41) is 3.03. The standard InChI is InChI=1S/C29H34F4N4O3/c1-35-10-12-36(13-11-35)20-7-9-25(26(15-20)40-2)34-27(38)21-5-3-4-19-16-37(17-22(19)21)28(39)18-6-8-23(24(30)14-18)29(31,32)33/h6-9,14-15,19,21-22H,3-5,10-13,16-17H2,1-2H3,(H,34,38)/t19-,21-,22-/m0/s1. The topological polar surface area (TPSA) is 65.1 Å². The molecule has 0 radical (unpaired) electrons. The van der Waals surface area contributed by atoms with E-state index in [0.717, 1.165) is 50.8 Å². The second kappa shape index (κ2) is 11.3. The minimum absolute atomic E-state index is 0.0902. The molecule has 0 bridgehead atoms. The van der Waals surface area contributed by atoms with Crippen molar-refractivity contribution in [3.63, 3.8) is 0 Å². The number of carbonyl (C=O) groups is 2. The molecule has 0 spiro atoms. The van der Waals surface area contributed by atoms with E-state index in [2.05, 4.69) is 22.2 Å². The fourth-order valence-corrected chi connectivity index (χ4v) is 6.29. The number of hydrogen-bond donors (Lipinski definition) is 1. The van der Waals surface area contributed by atoms with Gasteiger partial charge in [-0.05, 0) is 62.1 Å². The molecule has 2 heterocycles. The summed E-state index contributed by atoms with van der Waals surface area (Å²) in [6.07, 6.45) is -2.48. The first-order valence-corrected chi connectivity index (χ1v) is 13.6. The van der Waals surface area contributed by atoms with Crippen molar-refractivity contribution < 1.29 is 31.9 Å². The number of piperazine rings is 1. The molecule has 1 N–H and O–H groups in total. The molecule has 216 valence electrons. The average Bonchev–Trinajstić information content (AvgIpc) is 3.37. The number of benzene rings is 2. The monoisotopic (exact) mass is 562 g/mol. The van der Waals surface area contributed by atoms with Crippen molar-refractivity contribution in [2.24, 2.45) is 17.8 Å². The molecule has 3 aliphatic rings. The highest BCUT2D eigenvalue weighted by atomic mass is 19.4. The number of likely N-dealkylation sites (N-methyl/N-ethyl adjacent to an activating group) is 1. The molecular formula is C29H34F4N4O3. The van der Waals surface area contributed by atoms with Crippen molar-refractivity contribution >= 4 is 23.2 Å². The van der Waals surface area contributed by atoms with Crippen LogP contribution in [0.15, 0.2) is 36.4 Å². The van der Waals surface area contributed by atoms with Crippen molar-refractivity contribution in [1.29, 1.82) is 0 Å². The number of ether oxygens (including phenoxy) is 1. The summed E-state index contributed by atoms with van der Waals surface area (Å²) in [5.74, 6) is -1.90. The van der Waals surface area contributed by atoms with E-state index < -0.39 is 23.5 Å². The van der Waals surface area contributed by atoms with Crippen molar-refractivity contribution in [1.82, 2.24) is 9.80 Å². The van der Waals surface area contributed by atoms with Gasteiger partial charge in [-0.25, -0.2) is 4.39 Å². The SMILES string of the molecule is COc1cc(N2CCN(C)CC2)ccc1NC(=O)[C@H]1CCC[C@H]2CN(C(=O)c3ccc(C(F)(F)F)c(F)c3)C[C@@H]21. The molecular weight excluding hydrogens is 528 g/mol. The lowest BCUT2D eigenvalue weighted by atomic mass is 9.73. The summed E-state index contributed by atoms with van der Waals surface area (Å²) < 4.78 is 58.5. The first kappa shape index (κ1) is 28.2. The van der Waals surface area contributed by atoms with Gasteiger partial charge in [-0.1, -0.05) is 6.42 Å². The normalized spacial score (nSPS) is 23.6. The van der Waals surface area contributed by atoms with Crippen LogP contribution in [-0.2, 0) is 11.0 Å². The maximum atomic E-state index is 14.1. The van der Waals surface area contributed by atoms with Crippen molar-refractivity contribution in [3.8, 4) is 5.75 Å². The molecule has 2 aromatic rings. The Morgan fingerprint density at radius 1 is 1.00 bits per heavy atom. The van der Waals surface area contributed by atoms with Crippen molar-refractivity contribution in [2.75, 3.05) is 63.6 Å². The Hall–Kier alpha value is -3.34. The summed E-state index contributed by atoms with van der Waals surface area (Å²) in [7, 11) is 3.67. The Morgan fingerprint density at radius 3 is 2.42 bits per heavy atom. The van der Waals surface area contributed by atoms with Crippen LogP contribution in [0.3, 0.4) is 0 Å². The highest BCUT2D eigenvalue weighted by molar-refractivity contribution is 5.96. The van der Waals surface area contributed by atoms with Gasteiger partial charge in [0.15, 0.2) is 0 Å². The van der Waals surface area contributed by atoms with Crippen LogP contribution in [0.1, 0.15) is 35.2 Å². The third-order valence-corrected chi connectivity index (χ3v) is 8.56. The average molecular weight is 563 g/mol. The van der Waals surface area contributed by atoms with Gasteiger partial charge in [0.1, 0.15) is 11.6 Å². The number of hydrogen-bond acceptors (Lipinski definition) is 5. The Kier molecular flexibility index (Phi) is 7.94. The maximum Gasteiger partial charge on any atom is 0.419 e. The fraction of sp³-hybridized carbons (Fsp3) is 0.517. The van der Waals surface area contributed by atoms with E-state index in [-0.39, 0.29) is 29.2 Å². The molecule has 2 aromatic carbocycles. The van der Waals surface area contributed by atoms with E-state index in [1.807, 2.05) is 18.2 Å². The minimum Gasteiger partial charge on any atom is -0.494 e. The molecule has 0 aromatic heterocycles. The number of amides is 2. The Balaban J connectivity index is 1.26. The molecule has 40 heavy (non-hydrogen) atoms. The zero-order valence-electron chi connectivity index (χ0n) is 22.6. The number of nitrogens with one attached hydrogen (secondary N) is 1. The fourth-order valence-electron chi connectivity index (χ4n) is 6.29. The van der Waals surface area contributed by atoms with Crippen molar-refractivity contribution in [3.05, 3.63) is 53.3 Å². The molecule has 0 unspecified atom stereocenters. The zero-order chi connectivity index (χ0) is 28.6. The number of nitrogens with zero attached hydrogens (tertiary/aromatic N) is 3. The minimum atomic E-state index is -4.83. The van der Waals surface area contributed by atoms with Crippen LogP contribution in [0.4, 0.5) is 28.9 Å². The number of likely N-dealkylation sites (tertiary alicyclic amines) is 1. The van der Waals surface area contributed by atoms with Gasteiger partial charge in [0, 0.05) is 62.5 Å². The molecule has 2 aliphatic heterocycles. The van der Waals surface area contributed by atoms with Gasteiger partial charge in [0.2, 0.25) is 5.91 Å². The predicted molar refractivity (Wildman–Crippen MR) is 143 cm³/mol. The summed E-state index contributed by atoms with van der Waals surface area (Å²) in [5.41, 5.74) is 0.0854. The Bertz CT molecular complexity index is 1260. The molecule has 11 heteroatoms. The predicted octanol–water partition coefficient (Wildman–Crippen LogP) is 4.73. The second-order valence-corrected chi connectivity index (χ2v) is 11.0. The summed E-state index contributed by atoms with van der Waals surface area (Å²) in [6.45, 7) is 4.44. The lowest BCUT2D eigenvalue weighted by Crippen LogP contribution is -2.44. The van der Waals surface area contributed by atoms with E-state index in [1.54, 1.807) is 7.11 Å². The van der Waals surface area contributed by atoms with Gasteiger partial charge in [-0.15, -0.1) is 0 Å². The second-order valence-electron chi connectivity index (χ2n) is 11.0. The number of rotatable bonds is 5. The summed E-state index contributed by atoms with van der Waals surface area (Å²) in [4.78, 5) is 32.7. The molecule has 5 rings (SSSR count). The third-order valence-electron chi connectivity index (χ3n) is 8.56. The zero-order valence-corrected chi connectivity index (χ0v) is 22.6. The third kappa shape index (κ3) is 5.75. The van der Waals surface area contributed by atoms with Gasteiger partial charge in [0.25, 0.3) is 5.91 Å². The molecule has 2 saturated heterocycles. The summed E-state index contributed by atoms with van der Waals surface area (Å²) >= 11 is 0. The van der Waals surface area contributed by atoms with E-state index in [0.29, 0.717) is 43.1 Å². The molecule has 3 atom stereocenters. The van der Waals surface area contributed by atoms with Gasteiger partial charge in [-0.2, -0.15) is 13.2 Å². The largest absolute Gasteiger partial charge is 0.494 e. The van der Waals surface area contributed by atoms with E-state index in [4.69, 9.17) is 4.74 Å². The number of alkyl halides is 3. The number of halogens is 4. The molecule has 3 fully saturated rings. The van der Waals surface area contributed by atoms with Crippen LogP contribution < -0.4 is 15.0 Å². The van der Waals surface area contributed by atoms with Crippen LogP contribution in [0.25, 0.3) is 0 Å². The molecule has 1 saturated carbocycles. The van der Waals surface area contributed by atoms with Gasteiger partial charge >= 0.3 is 6.18 Å². The number of carbonyl (C=O) groups excluding carboxylic acids is 2. The highest BCUT2D eigenvalue weighted by Gasteiger charge is 2.45. The summed E-state index contributed by atoms with van der Waals surface area (Å²) in [6, 6.07) is 8.03. The van der Waals surface area contributed by atoms with Crippen LogP contribution in [0.2, 0.25) is 0 Å². The first-order chi connectivity index (χ1) is 19.0. The van der Waals surface area contributed by atoms with Crippen LogP contribution in [-0.4, -0.2) is 75.0 Å². The number of anilines is 2. The van der Waals surface area contributed by atoms with E-state index in [9.17, 15) is 27.2 Å². The van der Waals surface area contributed by atoms with Crippen LogP contribution in [0.5, 0.6) is 5.75 Å². The van der Waals surface area contributed by atoms with Crippen LogP contribution >= 0.6 is 0 Å². The van der Waals surface area contributed by atoms with E-state index in [1.165, 1.54) is 4.90 Å². The van der Waals surface area contributed by atoms with Gasteiger partial charge in [-0.3, -0.25) is 9.59 Å². The molecule has 7 nitrogen and oxygen atoms in total. The smallest absolute Gasteiger partial charge is 0.419 e. The maximum absolute atomic E-state index is 14.1. The van der Waals surface area contributed by atoms with Gasteiger partial charge < -0.3 is 24.8 Å². The van der Waals surface area contributed by atoms with Crippen LogP contribution in [0, 0.1) is 23.6 Å². The van der Waals surface area contributed by atoms with Crippen molar-refractivity contribution in [2.45, 2.75) is 25.4 Å². The highest BCUT2D eigenvalue weighted by Crippen LogP contribution is 2.42. The van der Waals surface area contributed by atoms with Gasteiger partial charge in [0.05, 0.1) is 18.4 Å². The quantitative estimate of drug-likeness (QED) is 0.534. The number of methoxy groups -OCH3 is 1. The van der Waals surface area contributed by atoms with E-state index >= 15 is 0 Å². The lowest BCUT2D eigenvalue weighted by Gasteiger charge is -2.34. The lowest BCUT2D eigenvalue weighted by molar-refractivity contribution is -0.140. The Morgan fingerprint density at radius 2 is 1.75 bits per heavy atom.